The highest BCUT2D eigenvalue weighted by molar-refractivity contribution is 7.94. The van der Waals surface area contributed by atoms with E-state index in [-0.39, 0.29) is 0 Å². The molecule has 0 atom stereocenters. The Bertz CT molecular complexity index is 184. The molecule has 0 aliphatic heterocycles. The Hall–Kier alpha value is -0.500. The highest BCUT2D eigenvalue weighted by Gasteiger charge is 2.02. The maximum Gasteiger partial charge on any atom is 0.134 e. The van der Waals surface area contributed by atoms with E-state index < -0.39 is 0 Å². The van der Waals surface area contributed by atoms with Gasteiger partial charge in [0.15, 0.2) is 0 Å². The molecule has 0 aromatic carbocycles. The minimum atomic E-state index is 0.493. The highest BCUT2D eigenvalue weighted by Crippen LogP contribution is 2.01. The lowest BCUT2D eigenvalue weighted by Gasteiger charge is -1.95. The largest absolute Gasteiger partial charge is 0.264 e. The van der Waals surface area contributed by atoms with E-state index in [9.17, 15) is 0 Å². The molecule has 0 amide bonds. The van der Waals surface area contributed by atoms with E-state index in [1.54, 1.807) is 0 Å². The van der Waals surface area contributed by atoms with Crippen LogP contribution in [0.5, 0.6) is 0 Å². The molecule has 1 heterocycles. The normalized spacial score (nSPS) is 10.3. The van der Waals surface area contributed by atoms with E-state index in [2.05, 4.69) is 23.6 Å². The minimum Gasteiger partial charge on any atom is -0.264 e. The van der Waals surface area contributed by atoms with Gasteiger partial charge in [-0.1, -0.05) is 6.07 Å². The van der Waals surface area contributed by atoms with Gasteiger partial charge in [-0.25, -0.2) is 0 Å². The number of nitrogens with zero attached hydrogens (tertiary/aromatic N) is 1. The lowest BCUT2D eigenvalue weighted by molar-refractivity contribution is 1.25. The summed E-state index contributed by atoms with van der Waals surface area (Å²) in [5.74, 6) is 1.16. The molecule has 0 aliphatic carbocycles. The van der Waals surface area contributed by atoms with Gasteiger partial charge in [0.1, 0.15) is 5.75 Å². The van der Waals surface area contributed by atoms with Crippen LogP contribution in [0.3, 0.4) is 0 Å². The molecular weight excluding hydrogens is 142 g/mol. The van der Waals surface area contributed by atoms with Crippen LogP contribution in [0, 0.1) is 0 Å². The second-order valence-corrected chi connectivity index (χ2v) is 4.75. The van der Waals surface area contributed by atoms with Crippen LogP contribution in [0.4, 0.5) is 0 Å². The van der Waals surface area contributed by atoms with Crippen molar-refractivity contribution in [2.24, 2.45) is 0 Å². The van der Waals surface area contributed by atoms with E-state index in [0.717, 1.165) is 5.75 Å². The SMILES string of the molecule is C[S+](C)Cc1cccnc1. The van der Waals surface area contributed by atoms with E-state index in [1.807, 2.05) is 18.5 Å². The van der Waals surface area contributed by atoms with Gasteiger partial charge in [-0.15, -0.1) is 0 Å². The number of rotatable bonds is 2. The fourth-order valence-corrected chi connectivity index (χ4v) is 1.65. The zero-order valence-electron chi connectivity index (χ0n) is 6.37. The smallest absolute Gasteiger partial charge is 0.134 e. The van der Waals surface area contributed by atoms with Crippen LogP contribution in [-0.2, 0) is 16.6 Å². The maximum absolute atomic E-state index is 4.04. The van der Waals surface area contributed by atoms with Crippen molar-refractivity contribution in [1.29, 1.82) is 0 Å². The van der Waals surface area contributed by atoms with Crippen molar-refractivity contribution in [3.8, 4) is 0 Å². The predicted octanol–water partition coefficient (Wildman–Crippen LogP) is 1.46. The van der Waals surface area contributed by atoms with Gasteiger partial charge in [-0.2, -0.15) is 0 Å². The van der Waals surface area contributed by atoms with Gasteiger partial charge in [0.25, 0.3) is 0 Å². The molecule has 0 saturated heterocycles. The molecule has 0 aliphatic rings. The molecule has 0 N–H and O–H groups in total. The van der Waals surface area contributed by atoms with Gasteiger partial charge < -0.3 is 0 Å². The van der Waals surface area contributed by atoms with Crippen molar-refractivity contribution in [3.05, 3.63) is 30.1 Å². The summed E-state index contributed by atoms with van der Waals surface area (Å²) in [4.78, 5) is 4.04. The van der Waals surface area contributed by atoms with Crippen molar-refractivity contribution in [1.82, 2.24) is 4.98 Å². The van der Waals surface area contributed by atoms with E-state index >= 15 is 0 Å². The average molecular weight is 154 g/mol. The summed E-state index contributed by atoms with van der Waals surface area (Å²) >= 11 is 0. The molecule has 1 nitrogen and oxygen atoms in total. The summed E-state index contributed by atoms with van der Waals surface area (Å²) in [6.07, 6.45) is 8.24. The van der Waals surface area contributed by atoms with Gasteiger partial charge in [0.2, 0.25) is 0 Å². The molecule has 1 aromatic heterocycles. The van der Waals surface area contributed by atoms with Gasteiger partial charge >= 0.3 is 0 Å². The summed E-state index contributed by atoms with van der Waals surface area (Å²) in [5.41, 5.74) is 1.34. The first-order valence-electron chi connectivity index (χ1n) is 3.22. The molecule has 0 fully saturated rings. The van der Waals surface area contributed by atoms with Crippen molar-refractivity contribution in [2.45, 2.75) is 5.75 Å². The van der Waals surface area contributed by atoms with E-state index in [0.29, 0.717) is 10.9 Å². The van der Waals surface area contributed by atoms with Crippen LogP contribution in [0.2, 0.25) is 0 Å². The summed E-state index contributed by atoms with van der Waals surface area (Å²) < 4.78 is 0. The van der Waals surface area contributed by atoms with Crippen molar-refractivity contribution < 1.29 is 0 Å². The minimum absolute atomic E-state index is 0.493. The van der Waals surface area contributed by atoms with Crippen molar-refractivity contribution in [2.75, 3.05) is 12.5 Å². The van der Waals surface area contributed by atoms with Crippen LogP contribution in [-0.4, -0.2) is 17.5 Å². The molecule has 0 bridgehead atoms. The second kappa shape index (κ2) is 3.62. The van der Waals surface area contributed by atoms with Gasteiger partial charge in [0.05, 0.1) is 12.5 Å². The van der Waals surface area contributed by atoms with Gasteiger partial charge in [-0.3, -0.25) is 4.98 Å². The maximum atomic E-state index is 4.04. The fourth-order valence-electron chi connectivity index (χ4n) is 0.817. The second-order valence-electron chi connectivity index (χ2n) is 2.49. The summed E-state index contributed by atoms with van der Waals surface area (Å²) in [5, 5.41) is 0. The summed E-state index contributed by atoms with van der Waals surface area (Å²) in [6, 6.07) is 4.11. The number of hydrogen-bond acceptors (Lipinski definition) is 1. The molecule has 1 rings (SSSR count). The Labute approximate surface area is 64.8 Å². The molecule has 54 valence electrons. The first kappa shape index (κ1) is 7.61. The standard InChI is InChI=1S/C8H12NS/c1-10(2)7-8-4-3-5-9-6-8/h3-6H,7H2,1-2H3/q+1. The molecule has 0 radical (unpaired) electrons. The lowest BCUT2D eigenvalue weighted by Crippen LogP contribution is -1.98. The molecular formula is C8H12NS+. The average Bonchev–Trinajstić information content (AvgIpc) is 1.88. The number of aromatic nitrogens is 1. The quantitative estimate of drug-likeness (QED) is 0.588. The molecule has 1 aromatic rings. The van der Waals surface area contributed by atoms with Crippen LogP contribution < -0.4 is 0 Å². The molecule has 0 spiro atoms. The first-order valence-corrected chi connectivity index (χ1v) is 5.43. The summed E-state index contributed by atoms with van der Waals surface area (Å²) in [7, 11) is 0.493. The van der Waals surface area contributed by atoms with Gasteiger partial charge in [0, 0.05) is 18.0 Å². The van der Waals surface area contributed by atoms with E-state index in [4.69, 9.17) is 0 Å². The van der Waals surface area contributed by atoms with Crippen LogP contribution >= 0.6 is 0 Å². The fraction of sp³-hybridized carbons (Fsp3) is 0.375. The molecule has 10 heavy (non-hydrogen) atoms. The van der Waals surface area contributed by atoms with Crippen LogP contribution in [0.15, 0.2) is 24.5 Å². The monoisotopic (exact) mass is 154 g/mol. The van der Waals surface area contributed by atoms with Gasteiger partial charge in [-0.05, 0) is 17.0 Å². The number of pyridine rings is 1. The Balaban J connectivity index is 2.59. The zero-order valence-corrected chi connectivity index (χ0v) is 7.19. The zero-order chi connectivity index (χ0) is 7.40. The van der Waals surface area contributed by atoms with Crippen LogP contribution in [0.1, 0.15) is 5.56 Å². The highest BCUT2D eigenvalue weighted by atomic mass is 32.2. The molecule has 0 unspecified atom stereocenters. The summed E-state index contributed by atoms with van der Waals surface area (Å²) in [6.45, 7) is 0. The Morgan fingerprint density at radius 1 is 1.50 bits per heavy atom. The topological polar surface area (TPSA) is 12.9 Å². The third-order valence-electron chi connectivity index (χ3n) is 1.18. The number of hydrogen-bond donors (Lipinski definition) is 0. The third-order valence-corrected chi connectivity index (χ3v) is 2.09. The Kier molecular flexibility index (Phi) is 2.75. The predicted molar refractivity (Wildman–Crippen MR) is 47.2 cm³/mol. The molecule has 2 heteroatoms. The lowest BCUT2D eigenvalue weighted by atomic mass is 10.3. The van der Waals surface area contributed by atoms with Crippen LogP contribution in [0.25, 0.3) is 0 Å². The Morgan fingerprint density at radius 3 is 2.80 bits per heavy atom. The van der Waals surface area contributed by atoms with E-state index in [1.165, 1.54) is 5.56 Å². The van der Waals surface area contributed by atoms with Crippen molar-refractivity contribution >= 4 is 10.9 Å². The third kappa shape index (κ3) is 2.40. The molecule has 0 saturated carbocycles. The Morgan fingerprint density at radius 2 is 2.30 bits per heavy atom. The first-order chi connectivity index (χ1) is 4.79. The van der Waals surface area contributed by atoms with Crippen molar-refractivity contribution in [3.63, 3.8) is 0 Å².